The van der Waals surface area contributed by atoms with Crippen LogP contribution >= 0.6 is 0 Å². The van der Waals surface area contributed by atoms with E-state index in [-0.39, 0.29) is 5.57 Å². The van der Waals surface area contributed by atoms with Gasteiger partial charge in [0.15, 0.2) is 0 Å². The number of benzene rings is 2. The topological polar surface area (TPSA) is 83.9 Å². The molecule has 2 heterocycles. The molecule has 0 aliphatic carbocycles. The van der Waals surface area contributed by atoms with Gasteiger partial charge in [0.25, 0.3) is 11.8 Å². The van der Waals surface area contributed by atoms with Crippen LogP contribution in [-0.2, 0) is 9.59 Å². The van der Waals surface area contributed by atoms with Gasteiger partial charge in [-0.3, -0.25) is 14.9 Å². The molecule has 33 heavy (non-hydrogen) atoms. The van der Waals surface area contributed by atoms with Crippen molar-refractivity contribution in [1.29, 1.82) is 0 Å². The third-order valence-corrected chi connectivity index (χ3v) is 5.22. The molecule has 1 saturated heterocycles. The molecule has 3 aromatic rings. The van der Waals surface area contributed by atoms with E-state index in [1.54, 1.807) is 30.3 Å². The lowest BCUT2D eigenvalue weighted by atomic mass is 10.1. The van der Waals surface area contributed by atoms with Crippen LogP contribution < -0.4 is 19.9 Å². The summed E-state index contributed by atoms with van der Waals surface area (Å²) in [6.07, 6.45) is 3.34. The average molecular weight is 444 g/mol. The number of aromatic nitrogens is 1. The number of imide groups is 2. The van der Waals surface area contributed by atoms with Crippen molar-refractivity contribution in [3.8, 4) is 11.4 Å². The minimum atomic E-state index is -0.791. The van der Waals surface area contributed by atoms with Crippen molar-refractivity contribution in [3.05, 3.63) is 78.1 Å². The van der Waals surface area contributed by atoms with Crippen molar-refractivity contribution >= 4 is 35.3 Å². The van der Waals surface area contributed by atoms with Gasteiger partial charge in [-0.15, -0.1) is 0 Å². The van der Waals surface area contributed by atoms with E-state index in [4.69, 9.17) is 4.74 Å². The zero-order valence-electron chi connectivity index (χ0n) is 18.6. The fourth-order valence-corrected chi connectivity index (χ4v) is 3.56. The number of anilines is 2. The second kappa shape index (κ2) is 9.04. The summed E-state index contributed by atoms with van der Waals surface area (Å²) >= 11 is 0. The Morgan fingerprint density at radius 2 is 1.61 bits per heavy atom. The van der Waals surface area contributed by atoms with E-state index in [0.717, 1.165) is 16.3 Å². The monoisotopic (exact) mass is 444 g/mol. The first-order chi connectivity index (χ1) is 15.9. The van der Waals surface area contributed by atoms with Gasteiger partial charge in [0, 0.05) is 37.4 Å². The summed E-state index contributed by atoms with van der Waals surface area (Å²) < 4.78 is 7.28. The Morgan fingerprint density at radius 1 is 0.939 bits per heavy atom. The van der Waals surface area contributed by atoms with Crippen molar-refractivity contribution < 1.29 is 19.1 Å². The van der Waals surface area contributed by atoms with E-state index >= 15 is 0 Å². The van der Waals surface area contributed by atoms with E-state index in [1.807, 2.05) is 67.0 Å². The van der Waals surface area contributed by atoms with Crippen LogP contribution in [0, 0.1) is 0 Å². The summed E-state index contributed by atoms with van der Waals surface area (Å²) in [5.41, 5.74) is 2.77. The van der Waals surface area contributed by atoms with Crippen molar-refractivity contribution in [2.75, 3.05) is 30.5 Å². The maximum Gasteiger partial charge on any atom is 0.335 e. The summed E-state index contributed by atoms with van der Waals surface area (Å²) in [7, 11) is 3.93. The van der Waals surface area contributed by atoms with Crippen LogP contribution in [-0.4, -0.2) is 43.1 Å². The Morgan fingerprint density at radius 3 is 2.24 bits per heavy atom. The minimum Gasteiger partial charge on any atom is -0.494 e. The zero-order valence-corrected chi connectivity index (χ0v) is 18.6. The average Bonchev–Trinajstić information content (AvgIpc) is 3.26. The van der Waals surface area contributed by atoms with Gasteiger partial charge in [-0.1, -0.05) is 0 Å². The zero-order chi connectivity index (χ0) is 23.5. The molecule has 0 radical (unpaired) electrons. The molecule has 0 spiro atoms. The van der Waals surface area contributed by atoms with Gasteiger partial charge in [-0.05, 0) is 73.7 Å². The maximum absolute atomic E-state index is 13.2. The van der Waals surface area contributed by atoms with E-state index in [2.05, 4.69) is 5.32 Å². The molecule has 1 N–H and O–H groups in total. The molecule has 1 fully saturated rings. The van der Waals surface area contributed by atoms with E-state index < -0.39 is 17.8 Å². The molecule has 1 aromatic heterocycles. The van der Waals surface area contributed by atoms with Gasteiger partial charge in [0.1, 0.15) is 11.3 Å². The van der Waals surface area contributed by atoms with Crippen molar-refractivity contribution in [2.24, 2.45) is 0 Å². The smallest absolute Gasteiger partial charge is 0.335 e. The highest BCUT2D eigenvalue weighted by Crippen LogP contribution is 2.25. The van der Waals surface area contributed by atoms with Crippen LogP contribution in [0.2, 0.25) is 0 Å². The Balaban J connectivity index is 1.67. The highest BCUT2D eigenvalue weighted by Gasteiger charge is 2.37. The normalized spacial score (nSPS) is 15.1. The van der Waals surface area contributed by atoms with Crippen molar-refractivity contribution in [2.45, 2.75) is 6.92 Å². The summed E-state index contributed by atoms with van der Waals surface area (Å²) in [6, 6.07) is 17.2. The molecule has 0 saturated carbocycles. The fourth-order valence-electron chi connectivity index (χ4n) is 3.56. The second-order valence-corrected chi connectivity index (χ2v) is 7.60. The lowest BCUT2D eigenvalue weighted by Gasteiger charge is -2.26. The number of urea groups is 1. The molecule has 4 rings (SSSR count). The van der Waals surface area contributed by atoms with Crippen LogP contribution in [0.15, 0.2) is 72.4 Å². The fraction of sp³-hybridized carbons (Fsp3) is 0.160. The maximum atomic E-state index is 13.2. The number of hydrogen-bond donors (Lipinski definition) is 1. The first kappa shape index (κ1) is 21.9. The third kappa shape index (κ3) is 4.36. The SMILES string of the molecule is CCOc1ccc(N2C(=O)NC(=O)/C(=C\c3cccn3-c3ccc(N(C)C)cc3)C2=O)cc1. The van der Waals surface area contributed by atoms with Gasteiger partial charge in [-0.2, -0.15) is 0 Å². The van der Waals surface area contributed by atoms with Crippen LogP contribution in [0.1, 0.15) is 12.6 Å². The number of amides is 4. The molecule has 1 aliphatic rings. The molecule has 0 unspecified atom stereocenters. The molecular weight excluding hydrogens is 420 g/mol. The number of nitrogens with one attached hydrogen (secondary N) is 1. The Labute approximate surface area is 191 Å². The molecule has 0 bridgehead atoms. The number of carbonyl (C=O) groups is 3. The number of ether oxygens (including phenoxy) is 1. The molecule has 1 aliphatic heterocycles. The second-order valence-electron chi connectivity index (χ2n) is 7.60. The van der Waals surface area contributed by atoms with E-state index in [1.165, 1.54) is 6.08 Å². The predicted octanol–water partition coefficient (Wildman–Crippen LogP) is 3.61. The minimum absolute atomic E-state index is 0.131. The van der Waals surface area contributed by atoms with Gasteiger partial charge < -0.3 is 14.2 Å². The van der Waals surface area contributed by atoms with Gasteiger partial charge in [0.2, 0.25) is 0 Å². The highest BCUT2D eigenvalue weighted by molar-refractivity contribution is 6.39. The molecule has 4 amide bonds. The first-order valence-corrected chi connectivity index (χ1v) is 10.5. The lowest BCUT2D eigenvalue weighted by molar-refractivity contribution is -0.122. The summed E-state index contributed by atoms with van der Waals surface area (Å²) in [5.74, 6) is -0.803. The standard InChI is InChI=1S/C25H24N4O4/c1-4-33-21-13-11-19(12-14-21)29-24(31)22(23(30)26-25(29)32)16-20-6-5-15-28(20)18-9-7-17(8-10-18)27(2)3/h5-16H,4H2,1-3H3,(H,26,30,32)/b22-16+. The number of nitrogens with zero attached hydrogens (tertiary/aromatic N) is 3. The van der Waals surface area contributed by atoms with Gasteiger partial charge >= 0.3 is 6.03 Å². The molecule has 8 heteroatoms. The molecule has 8 nitrogen and oxygen atoms in total. The predicted molar refractivity (Wildman–Crippen MR) is 127 cm³/mol. The molecule has 168 valence electrons. The summed E-state index contributed by atoms with van der Waals surface area (Å²) in [5, 5.41) is 2.25. The number of barbiturate groups is 1. The first-order valence-electron chi connectivity index (χ1n) is 10.5. The quantitative estimate of drug-likeness (QED) is 0.464. The molecule has 2 aromatic carbocycles. The van der Waals surface area contributed by atoms with Gasteiger partial charge in [-0.25, -0.2) is 9.69 Å². The Kier molecular flexibility index (Phi) is 5.99. The van der Waals surface area contributed by atoms with Gasteiger partial charge in [0.05, 0.1) is 12.3 Å². The van der Waals surface area contributed by atoms with Crippen LogP contribution in [0.4, 0.5) is 16.2 Å². The summed E-state index contributed by atoms with van der Waals surface area (Å²) in [6.45, 7) is 2.37. The van der Waals surface area contributed by atoms with Crippen molar-refractivity contribution in [1.82, 2.24) is 9.88 Å². The van der Waals surface area contributed by atoms with Crippen LogP contribution in [0.3, 0.4) is 0 Å². The third-order valence-electron chi connectivity index (χ3n) is 5.22. The number of carbonyl (C=O) groups excluding carboxylic acids is 3. The van der Waals surface area contributed by atoms with Crippen LogP contribution in [0.25, 0.3) is 11.8 Å². The number of rotatable bonds is 6. The Bertz CT molecular complexity index is 1220. The van der Waals surface area contributed by atoms with Crippen molar-refractivity contribution in [3.63, 3.8) is 0 Å². The van der Waals surface area contributed by atoms with Crippen LogP contribution in [0.5, 0.6) is 5.75 Å². The van der Waals surface area contributed by atoms with E-state index in [9.17, 15) is 14.4 Å². The van der Waals surface area contributed by atoms with E-state index in [0.29, 0.717) is 23.7 Å². The Hall–Kier alpha value is -4.33. The largest absolute Gasteiger partial charge is 0.494 e. The number of hydrogen-bond acceptors (Lipinski definition) is 5. The lowest BCUT2D eigenvalue weighted by Crippen LogP contribution is -2.54. The summed E-state index contributed by atoms with van der Waals surface area (Å²) in [4.78, 5) is 41.1. The molecular formula is C25H24N4O4. The molecule has 0 atom stereocenters. The highest BCUT2D eigenvalue weighted by atomic mass is 16.5.